The lowest BCUT2D eigenvalue weighted by atomic mass is 10.2. The molecule has 2 fully saturated rings. The van der Waals surface area contributed by atoms with Crippen LogP contribution in [0.25, 0.3) is 0 Å². The fourth-order valence-corrected chi connectivity index (χ4v) is 3.04. The van der Waals surface area contributed by atoms with Crippen molar-refractivity contribution in [3.63, 3.8) is 0 Å². The minimum Gasteiger partial charge on any atom is -0.349 e. The minimum atomic E-state index is 0.575. The van der Waals surface area contributed by atoms with Crippen LogP contribution in [0.3, 0.4) is 0 Å². The van der Waals surface area contributed by atoms with Crippen LogP contribution in [0.2, 0.25) is 0 Å². The molecule has 0 radical (unpaired) electrons. The van der Waals surface area contributed by atoms with Crippen LogP contribution in [0.4, 0.5) is 5.82 Å². The predicted octanol–water partition coefficient (Wildman–Crippen LogP) is 1.43. The van der Waals surface area contributed by atoms with Gasteiger partial charge in [0.1, 0.15) is 5.69 Å². The Morgan fingerprint density at radius 1 is 1.05 bits per heavy atom. The van der Waals surface area contributed by atoms with E-state index in [4.69, 9.17) is 0 Å². The Morgan fingerprint density at radius 2 is 1.95 bits per heavy atom. The van der Waals surface area contributed by atoms with Gasteiger partial charge in [0, 0.05) is 30.7 Å². The molecule has 1 aromatic heterocycles. The SMILES string of the molecule is C(#Cc1ccc(N2C[C@@H]3C[C@H]2CN3)nn1)c1ccccc1. The number of piperazine rings is 1. The van der Waals surface area contributed by atoms with E-state index in [1.807, 2.05) is 42.5 Å². The van der Waals surface area contributed by atoms with E-state index in [0.29, 0.717) is 17.8 Å². The number of benzene rings is 1. The summed E-state index contributed by atoms with van der Waals surface area (Å²) in [6, 6.07) is 15.1. The van der Waals surface area contributed by atoms with Crippen molar-refractivity contribution in [3.8, 4) is 11.8 Å². The summed E-state index contributed by atoms with van der Waals surface area (Å²) >= 11 is 0. The normalized spacial score (nSPS) is 23.0. The van der Waals surface area contributed by atoms with Gasteiger partial charge in [-0.15, -0.1) is 10.2 Å². The van der Waals surface area contributed by atoms with Gasteiger partial charge in [-0.25, -0.2) is 0 Å². The molecule has 1 N–H and O–H groups in total. The second-order valence-corrected chi connectivity index (χ2v) is 5.54. The van der Waals surface area contributed by atoms with Gasteiger partial charge in [0.2, 0.25) is 0 Å². The van der Waals surface area contributed by atoms with Crippen molar-refractivity contribution in [3.05, 3.63) is 53.7 Å². The van der Waals surface area contributed by atoms with Gasteiger partial charge in [0.15, 0.2) is 5.82 Å². The summed E-state index contributed by atoms with van der Waals surface area (Å²) in [6.45, 7) is 2.09. The van der Waals surface area contributed by atoms with E-state index in [-0.39, 0.29) is 0 Å². The summed E-state index contributed by atoms with van der Waals surface area (Å²) in [7, 11) is 0. The van der Waals surface area contributed by atoms with Crippen LogP contribution in [0.15, 0.2) is 42.5 Å². The van der Waals surface area contributed by atoms with Crippen LogP contribution in [0.5, 0.6) is 0 Å². The van der Waals surface area contributed by atoms with Crippen LogP contribution in [0, 0.1) is 11.8 Å². The number of hydrogen-bond donors (Lipinski definition) is 1. The molecule has 2 aromatic rings. The highest BCUT2D eigenvalue weighted by molar-refractivity contribution is 5.45. The maximum absolute atomic E-state index is 4.34. The van der Waals surface area contributed by atoms with Crippen LogP contribution >= 0.6 is 0 Å². The van der Waals surface area contributed by atoms with Crippen molar-refractivity contribution >= 4 is 5.82 Å². The van der Waals surface area contributed by atoms with Crippen molar-refractivity contribution in [2.45, 2.75) is 18.5 Å². The number of anilines is 1. The molecule has 2 aliphatic heterocycles. The summed E-state index contributed by atoms with van der Waals surface area (Å²) in [4.78, 5) is 2.35. The Morgan fingerprint density at radius 3 is 2.62 bits per heavy atom. The molecule has 0 spiro atoms. The predicted molar refractivity (Wildman–Crippen MR) is 82.0 cm³/mol. The molecule has 0 unspecified atom stereocenters. The molecule has 2 saturated heterocycles. The summed E-state index contributed by atoms with van der Waals surface area (Å²) in [5.74, 6) is 7.13. The number of rotatable bonds is 1. The maximum Gasteiger partial charge on any atom is 0.151 e. The molecule has 4 nitrogen and oxygen atoms in total. The topological polar surface area (TPSA) is 41.0 Å². The largest absolute Gasteiger partial charge is 0.349 e. The standard InChI is InChI=1S/C17H16N4/c1-2-4-13(5-3-1)6-7-14-8-9-17(20-19-14)21-12-15-10-16(21)11-18-15/h1-5,8-9,15-16,18H,10-12H2/t15-,16-/m0/s1. The number of hydrogen-bond acceptors (Lipinski definition) is 4. The zero-order valence-corrected chi connectivity index (χ0v) is 11.7. The van der Waals surface area contributed by atoms with Crippen molar-refractivity contribution in [2.75, 3.05) is 18.0 Å². The second kappa shape index (κ2) is 5.19. The van der Waals surface area contributed by atoms with Crippen molar-refractivity contribution in [2.24, 2.45) is 0 Å². The molecule has 3 heterocycles. The first-order chi connectivity index (χ1) is 10.4. The molecule has 2 aliphatic rings. The molecule has 4 heteroatoms. The molecule has 1 aromatic carbocycles. The lowest BCUT2D eigenvalue weighted by molar-refractivity contribution is 0.574. The highest BCUT2D eigenvalue weighted by Gasteiger charge is 2.38. The fourth-order valence-electron chi connectivity index (χ4n) is 3.04. The molecule has 0 amide bonds. The van der Waals surface area contributed by atoms with Gasteiger partial charge in [-0.2, -0.15) is 0 Å². The van der Waals surface area contributed by atoms with Gasteiger partial charge >= 0.3 is 0 Å². The average molecular weight is 276 g/mol. The first kappa shape index (κ1) is 12.4. The fraction of sp³-hybridized carbons (Fsp3) is 0.294. The summed E-state index contributed by atoms with van der Waals surface area (Å²) in [6.07, 6.45) is 1.22. The van der Waals surface area contributed by atoms with E-state index in [0.717, 1.165) is 24.5 Å². The zero-order chi connectivity index (χ0) is 14.1. The molecule has 21 heavy (non-hydrogen) atoms. The number of fused-ring (bicyclic) bond motifs is 2. The van der Waals surface area contributed by atoms with Gasteiger partial charge in [0.25, 0.3) is 0 Å². The molecule has 4 rings (SSSR count). The van der Waals surface area contributed by atoms with Crippen molar-refractivity contribution in [1.29, 1.82) is 0 Å². The zero-order valence-electron chi connectivity index (χ0n) is 11.7. The van der Waals surface area contributed by atoms with Crippen LogP contribution in [-0.2, 0) is 0 Å². The van der Waals surface area contributed by atoms with Crippen molar-refractivity contribution in [1.82, 2.24) is 15.5 Å². The van der Waals surface area contributed by atoms with E-state index < -0.39 is 0 Å². The molecule has 104 valence electrons. The Hall–Kier alpha value is -2.38. The van der Waals surface area contributed by atoms with Gasteiger partial charge in [-0.3, -0.25) is 0 Å². The Bertz CT molecular complexity index is 684. The van der Waals surface area contributed by atoms with Gasteiger partial charge in [-0.1, -0.05) is 24.1 Å². The quantitative estimate of drug-likeness (QED) is 0.800. The summed E-state index contributed by atoms with van der Waals surface area (Å²) in [5, 5.41) is 12.1. The van der Waals surface area contributed by atoms with E-state index in [1.54, 1.807) is 0 Å². The third-order valence-corrected chi connectivity index (χ3v) is 4.11. The van der Waals surface area contributed by atoms with E-state index in [9.17, 15) is 0 Å². The lowest BCUT2D eigenvalue weighted by Crippen LogP contribution is -2.44. The molecular formula is C17H16N4. The highest BCUT2D eigenvalue weighted by Crippen LogP contribution is 2.27. The molecular weight excluding hydrogens is 260 g/mol. The molecule has 2 bridgehead atoms. The molecule has 0 saturated carbocycles. The minimum absolute atomic E-state index is 0.575. The summed E-state index contributed by atoms with van der Waals surface area (Å²) < 4.78 is 0. The van der Waals surface area contributed by atoms with Crippen LogP contribution < -0.4 is 10.2 Å². The number of aromatic nitrogens is 2. The number of nitrogens with zero attached hydrogens (tertiary/aromatic N) is 3. The third kappa shape index (κ3) is 2.48. The Labute approximate surface area is 124 Å². The number of nitrogens with one attached hydrogen (secondary N) is 1. The van der Waals surface area contributed by atoms with Crippen molar-refractivity contribution < 1.29 is 0 Å². The third-order valence-electron chi connectivity index (χ3n) is 4.11. The van der Waals surface area contributed by atoms with Crippen LogP contribution in [0.1, 0.15) is 17.7 Å². The summed E-state index contributed by atoms with van der Waals surface area (Å²) in [5.41, 5.74) is 1.70. The maximum atomic E-state index is 4.34. The average Bonchev–Trinajstić information content (AvgIpc) is 3.17. The van der Waals surface area contributed by atoms with E-state index in [2.05, 4.69) is 32.3 Å². The second-order valence-electron chi connectivity index (χ2n) is 5.54. The monoisotopic (exact) mass is 276 g/mol. The Kier molecular flexibility index (Phi) is 3.06. The van der Waals surface area contributed by atoms with E-state index >= 15 is 0 Å². The van der Waals surface area contributed by atoms with Crippen LogP contribution in [-0.4, -0.2) is 35.4 Å². The first-order valence-corrected chi connectivity index (χ1v) is 7.29. The lowest BCUT2D eigenvalue weighted by Gasteiger charge is -2.27. The van der Waals surface area contributed by atoms with Gasteiger partial charge in [-0.05, 0) is 36.6 Å². The van der Waals surface area contributed by atoms with Gasteiger partial charge in [0.05, 0.1) is 0 Å². The van der Waals surface area contributed by atoms with Gasteiger partial charge < -0.3 is 10.2 Å². The highest BCUT2D eigenvalue weighted by atomic mass is 15.3. The molecule has 2 atom stereocenters. The Balaban J connectivity index is 1.51. The molecule has 0 aliphatic carbocycles. The first-order valence-electron chi connectivity index (χ1n) is 7.29. The smallest absolute Gasteiger partial charge is 0.151 e. The van der Waals surface area contributed by atoms with E-state index in [1.165, 1.54) is 6.42 Å².